The Morgan fingerprint density at radius 2 is 2.07 bits per heavy atom. The molecule has 0 bridgehead atoms. The van der Waals surface area contributed by atoms with E-state index in [1.54, 1.807) is 12.1 Å². The van der Waals surface area contributed by atoms with E-state index in [9.17, 15) is 9.18 Å². The van der Waals surface area contributed by atoms with Gasteiger partial charge in [0.25, 0.3) is 0 Å². The second-order valence-corrected chi connectivity index (χ2v) is 3.51. The van der Waals surface area contributed by atoms with Crippen molar-refractivity contribution >= 4 is 11.6 Å². The van der Waals surface area contributed by atoms with E-state index in [2.05, 4.69) is 6.07 Å². The smallest absolute Gasteiger partial charge is 0.228 e. The number of halogens is 1. The quantitative estimate of drug-likeness (QED) is 0.698. The van der Waals surface area contributed by atoms with Crippen LogP contribution >= 0.6 is 0 Å². The highest BCUT2D eigenvalue weighted by Gasteiger charge is 2.30. The Labute approximate surface area is 86.7 Å². The SMILES string of the molecule is N#C[C@@H]1CC(=O)N(c2ccc(F)cc2)C1. The molecule has 1 heterocycles. The summed E-state index contributed by atoms with van der Waals surface area (Å²) in [4.78, 5) is 13.0. The van der Waals surface area contributed by atoms with Crippen LogP contribution < -0.4 is 4.90 Å². The third-order valence-corrected chi connectivity index (χ3v) is 2.45. The molecule has 0 aromatic heterocycles. The lowest BCUT2D eigenvalue weighted by Gasteiger charge is -2.15. The summed E-state index contributed by atoms with van der Waals surface area (Å²) in [6.07, 6.45) is 0.258. The topological polar surface area (TPSA) is 44.1 Å². The molecule has 3 nitrogen and oxygen atoms in total. The minimum absolute atomic E-state index is 0.0758. The van der Waals surface area contributed by atoms with Gasteiger partial charge in [-0.15, -0.1) is 0 Å². The van der Waals surface area contributed by atoms with Crippen LogP contribution in [0.1, 0.15) is 6.42 Å². The molecule has 1 aliphatic rings. The Hall–Kier alpha value is -1.89. The van der Waals surface area contributed by atoms with E-state index in [0.29, 0.717) is 12.2 Å². The van der Waals surface area contributed by atoms with E-state index in [-0.39, 0.29) is 24.1 Å². The fourth-order valence-electron chi connectivity index (χ4n) is 1.66. The van der Waals surface area contributed by atoms with Gasteiger partial charge in [0.2, 0.25) is 5.91 Å². The molecule has 1 aromatic rings. The molecule has 1 atom stereocenters. The van der Waals surface area contributed by atoms with E-state index < -0.39 is 0 Å². The molecular formula is C11H9FN2O. The molecule has 1 aromatic carbocycles. The maximum atomic E-state index is 12.7. The molecule has 0 aliphatic carbocycles. The van der Waals surface area contributed by atoms with E-state index in [4.69, 9.17) is 5.26 Å². The summed E-state index contributed by atoms with van der Waals surface area (Å²) in [5.41, 5.74) is 0.652. The summed E-state index contributed by atoms with van der Waals surface area (Å²) in [5.74, 6) is -0.655. The molecule has 0 radical (unpaired) electrons. The second-order valence-electron chi connectivity index (χ2n) is 3.51. The van der Waals surface area contributed by atoms with E-state index in [1.807, 2.05) is 0 Å². The lowest BCUT2D eigenvalue weighted by molar-refractivity contribution is -0.117. The van der Waals surface area contributed by atoms with Crippen molar-refractivity contribution in [2.24, 2.45) is 5.92 Å². The maximum absolute atomic E-state index is 12.7. The first-order valence-corrected chi connectivity index (χ1v) is 4.66. The third kappa shape index (κ3) is 1.82. The van der Waals surface area contributed by atoms with Gasteiger partial charge in [-0.2, -0.15) is 5.26 Å². The zero-order valence-corrected chi connectivity index (χ0v) is 7.98. The summed E-state index contributed by atoms with van der Waals surface area (Å²) >= 11 is 0. The average Bonchev–Trinajstić information content (AvgIpc) is 2.61. The highest BCUT2D eigenvalue weighted by atomic mass is 19.1. The van der Waals surface area contributed by atoms with Crippen molar-refractivity contribution in [2.75, 3.05) is 11.4 Å². The van der Waals surface area contributed by atoms with Crippen LogP contribution in [0.2, 0.25) is 0 Å². The molecule has 15 heavy (non-hydrogen) atoms. The molecule has 4 heteroatoms. The molecule has 1 amide bonds. The van der Waals surface area contributed by atoms with Crippen molar-refractivity contribution in [2.45, 2.75) is 6.42 Å². The zero-order valence-electron chi connectivity index (χ0n) is 7.98. The lowest BCUT2D eigenvalue weighted by Crippen LogP contribution is -2.24. The molecule has 1 saturated heterocycles. The Bertz CT molecular complexity index is 421. The normalized spacial score (nSPS) is 20.4. The predicted octanol–water partition coefficient (Wildman–Crippen LogP) is 1.70. The number of anilines is 1. The van der Waals surface area contributed by atoms with Crippen LogP contribution in [0.5, 0.6) is 0 Å². The Balaban J connectivity index is 2.22. The van der Waals surface area contributed by atoms with Crippen LogP contribution in [0.3, 0.4) is 0 Å². The number of benzene rings is 1. The van der Waals surface area contributed by atoms with Crippen LogP contribution in [0, 0.1) is 23.1 Å². The maximum Gasteiger partial charge on any atom is 0.228 e. The van der Waals surface area contributed by atoms with Gasteiger partial charge in [-0.05, 0) is 24.3 Å². The van der Waals surface area contributed by atoms with E-state index >= 15 is 0 Å². The van der Waals surface area contributed by atoms with Crippen LogP contribution in [0.25, 0.3) is 0 Å². The summed E-state index contributed by atoms with van der Waals surface area (Å²) in [6, 6.07) is 7.78. The first kappa shape index (κ1) is 9.66. The van der Waals surface area contributed by atoms with Gasteiger partial charge in [-0.3, -0.25) is 4.79 Å². The second kappa shape index (κ2) is 3.70. The zero-order chi connectivity index (χ0) is 10.8. The number of hydrogen-bond acceptors (Lipinski definition) is 2. The monoisotopic (exact) mass is 204 g/mol. The highest BCUT2D eigenvalue weighted by molar-refractivity contribution is 5.96. The van der Waals surface area contributed by atoms with Crippen LogP contribution in [0.15, 0.2) is 24.3 Å². The Morgan fingerprint density at radius 1 is 1.40 bits per heavy atom. The standard InChI is InChI=1S/C11H9FN2O/c12-9-1-3-10(4-2-9)14-7-8(6-13)5-11(14)15/h1-4,8H,5,7H2/t8-/m0/s1. The number of nitrogens with zero attached hydrogens (tertiary/aromatic N) is 2. The molecule has 1 aliphatic heterocycles. The average molecular weight is 204 g/mol. The van der Waals surface area contributed by atoms with E-state index in [1.165, 1.54) is 17.0 Å². The summed E-state index contributed by atoms with van der Waals surface area (Å²) < 4.78 is 12.7. The minimum atomic E-state index is -0.331. The van der Waals surface area contributed by atoms with Gasteiger partial charge >= 0.3 is 0 Å². The fourth-order valence-corrected chi connectivity index (χ4v) is 1.66. The fraction of sp³-hybridized carbons (Fsp3) is 0.273. The first-order valence-electron chi connectivity index (χ1n) is 4.66. The van der Waals surface area contributed by atoms with E-state index in [0.717, 1.165) is 0 Å². The molecule has 0 spiro atoms. The molecule has 0 saturated carbocycles. The Morgan fingerprint density at radius 3 is 2.60 bits per heavy atom. The van der Waals surface area contributed by atoms with Crippen molar-refractivity contribution in [1.82, 2.24) is 0 Å². The van der Waals surface area contributed by atoms with Gasteiger partial charge < -0.3 is 4.90 Å². The van der Waals surface area contributed by atoms with Crippen LogP contribution in [-0.4, -0.2) is 12.5 Å². The van der Waals surface area contributed by atoms with Gasteiger partial charge in [-0.25, -0.2) is 4.39 Å². The van der Waals surface area contributed by atoms with Crippen LogP contribution in [0.4, 0.5) is 10.1 Å². The minimum Gasteiger partial charge on any atom is -0.311 e. The number of carbonyl (C=O) groups excluding carboxylic acids is 1. The number of rotatable bonds is 1. The number of hydrogen-bond donors (Lipinski definition) is 0. The Kier molecular flexibility index (Phi) is 2.38. The highest BCUT2D eigenvalue weighted by Crippen LogP contribution is 2.24. The number of nitriles is 1. The molecule has 2 rings (SSSR count). The van der Waals surface area contributed by atoms with Crippen molar-refractivity contribution in [3.05, 3.63) is 30.1 Å². The van der Waals surface area contributed by atoms with Crippen molar-refractivity contribution in [1.29, 1.82) is 5.26 Å². The summed E-state index contributed by atoms with van der Waals surface area (Å²) in [7, 11) is 0. The van der Waals surface area contributed by atoms with Gasteiger partial charge in [-0.1, -0.05) is 0 Å². The predicted molar refractivity (Wildman–Crippen MR) is 52.5 cm³/mol. The molecule has 76 valence electrons. The van der Waals surface area contributed by atoms with Crippen molar-refractivity contribution in [3.63, 3.8) is 0 Å². The molecule has 0 N–H and O–H groups in total. The molecule has 0 unspecified atom stereocenters. The summed E-state index contributed by atoms with van der Waals surface area (Å²) in [6.45, 7) is 0.404. The van der Waals surface area contributed by atoms with Crippen molar-refractivity contribution < 1.29 is 9.18 Å². The summed E-state index contributed by atoms with van der Waals surface area (Å²) in [5, 5.41) is 8.70. The van der Waals surface area contributed by atoms with Crippen molar-refractivity contribution in [3.8, 4) is 6.07 Å². The van der Waals surface area contributed by atoms with Crippen LogP contribution in [-0.2, 0) is 4.79 Å². The first-order chi connectivity index (χ1) is 7.20. The number of carbonyl (C=O) groups is 1. The number of amides is 1. The van der Waals surface area contributed by atoms with Gasteiger partial charge in [0.15, 0.2) is 0 Å². The molecule has 1 fully saturated rings. The largest absolute Gasteiger partial charge is 0.311 e. The van der Waals surface area contributed by atoms with Gasteiger partial charge in [0.05, 0.1) is 12.0 Å². The molecular weight excluding hydrogens is 195 g/mol. The lowest BCUT2D eigenvalue weighted by atomic mass is 10.1. The third-order valence-electron chi connectivity index (χ3n) is 2.45. The van der Waals surface area contributed by atoms with Gasteiger partial charge in [0, 0.05) is 18.7 Å². The van der Waals surface area contributed by atoms with Gasteiger partial charge in [0.1, 0.15) is 5.82 Å².